The number of amides is 2. The molecule has 0 spiro atoms. The van der Waals surface area contributed by atoms with Gasteiger partial charge < -0.3 is 4.90 Å². The minimum atomic E-state index is -4.88. The predicted molar refractivity (Wildman–Crippen MR) is 106 cm³/mol. The van der Waals surface area contributed by atoms with Gasteiger partial charge in [-0.2, -0.15) is 18.4 Å². The normalized spacial score (nSPS) is 18.0. The van der Waals surface area contributed by atoms with Crippen LogP contribution in [-0.2, 0) is 11.0 Å². The van der Waals surface area contributed by atoms with Crippen LogP contribution in [0.4, 0.5) is 28.9 Å². The van der Waals surface area contributed by atoms with Crippen molar-refractivity contribution < 1.29 is 32.4 Å². The third-order valence-electron chi connectivity index (χ3n) is 4.95. The number of hydroxylamine groups is 1. The molecule has 8 nitrogen and oxygen atoms in total. The van der Waals surface area contributed by atoms with Crippen LogP contribution in [0.1, 0.15) is 35.5 Å². The number of pyridine rings is 1. The maximum atomic E-state index is 14.4. The Bertz CT molecular complexity index is 1150. The average Bonchev–Trinajstić information content (AvgIpc) is 2.90. The molecule has 1 aliphatic heterocycles. The number of rotatable bonds is 3. The molecule has 13 heteroatoms. The molecule has 32 heavy (non-hydrogen) atoms. The van der Waals surface area contributed by atoms with E-state index in [1.165, 1.54) is 36.4 Å². The lowest BCUT2D eigenvalue weighted by Crippen LogP contribution is -2.45. The zero-order valence-electron chi connectivity index (χ0n) is 16.5. The summed E-state index contributed by atoms with van der Waals surface area (Å²) < 4.78 is 54.5. The van der Waals surface area contributed by atoms with E-state index in [0.29, 0.717) is 6.07 Å². The van der Waals surface area contributed by atoms with Crippen LogP contribution in [0.25, 0.3) is 0 Å². The van der Waals surface area contributed by atoms with Crippen LogP contribution in [0.15, 0.2) is 30.5 Å². The standard InChI is InChI=1S/C19H15F4N5O3S/c1-18(2)16(30)27(10-5-12(19(21,22)23)14(7-24)25-8-10)17(32)28(18)9-3-4-11(13(20)6-9)15(29)26-31/h3-6,8,17,31-32H,1-2H3,(H,26,29). The van der Waals surface area contributed by atoms with E-state index in [0.717, 1.165) is 23.2 Å². The Kier molecular flexibility index (Phi) is 5.79. The van der Waals surface area contributed by atoms with Crippen molar-refractivity contribution in [2.75, 3.05) is 9.80 Å². The van der Waals surface area contributed by atoms with Crippen LogP contribution in [0.3, 0.4) is 0 Å². The summed E-state index contributed by atoms with van der Waals surface area (Å²) in [4.78, 5) is 30.4. The number of aromatic nitrogens is 1. The van der Waals surface area contributed by atoms with Gasteiger partial charge in [0.25, 0.3) is 11.8 Å². The molecule has 168 valence electrons. The molecule has 2 heterocycles. The highest BCUT2D eigenvalue weighted by atomic mass is 32.1. The summed E-state index contributed by atoms with van der Waals surface area (Å²) >= 11 is 4.37. The molecule has 0 saturated carbocycles. The second kappa shape index (κ2) is 7.95. The highest BCUT2D eigenvalue weighted by Gasteiger charge is 2.52. The number of benzene rings is 1. The smallest absolute Gasteiger partial charge is 0.328 e. The van der Waals surface area contributed by atoms with Crippen LogP contribution in [0.2, 0.25) is 0 Å². The fourth-order valence-corrected chi connectivity index (χ4v) is 4.06. The van der Waals surface area contributed by atoms with Gasteiger partial charge >= 0.3 is 6.18 Å². The lowest BCUT2D eigenvalue weighted by atomic mass is 10.0. The van der Waals surface area contributed by atoms with Gasteiger partial charge in [0.2, 0.25) is 0 Å². The first kappa shape index (κ1) is 23.3. The van der Waals surface area contributed by atoms with Gasteiger partial charge in [0.05, 0.1) is 23.0 Å². The van der Waals surface area contributed by atoms with Gasteiger partial charge in [-0.15, -0.1) is 12.6 Å². The molecule has 2 N–H and O–H groups in total. The number of thiol groups is 1. The number of alkyl halides is 3. The van der Waals surface area contributed by atoms with Crippen LogP contribution < -0.4 is 15.3 Å². The van der Waals surface area contributed by atoms with Crippen LogP contribution >= 0.6 is 12.6 Å². The molecule has 0 aliphatic carbocycles. The third kappa shape index (κ3) is 3.71. The average molecular weight is 469 g/mol. The van der Waals surface area contributed by atoms with E-state index in [4.69, 9.17) is 10.5 Å². The van der Waals surface area contributed by atoms with Crippen molar-refractivity contribution in [2.45, 2.75) is 31.1 Å². The van der Waals surface area contributed by atoms with Crippen molar-refractivity contribution >= 4 is 35.8 Å². The van der Waals surface area contributed by atoms with Gasteiger partial charge in [-0.1, -0.05) is 0 Å². The lowest BCUT2D eigenvalue weighted by molar-refractivity contribution is -0.138. The maximum absolute atomic E-state index is 14.4. The molecule has 3 rings (SSSR count). The molecule has 1 saturated heterocycles. The monoisotopic (exact) mass is 469 g/mol. The molecule has 1 aromatic carbocycles. The second-order valence-corrected chi connectivity index (χ2v) is 7.72. The Morgan fingerprint density at radius 1 is 1.31 bits per heavy atom. The van der Waals surface area contributed by atoms with E-state index in [1.807, 2.05) is 0 Å². The summed E-state index contributed by atoms with van der Waals surface area (Å²) in [6, 6.07) is 5.30. The zero-order chi connectivity index (χ0) is 24.0. The fraction of sp³-hybridized carbons (Fsp3) is 0.263. The fourth-order valence-electron chi connectivity index (χ4n) is 3.40. The van der Waals surface area contributed by atoms with Crippen molar-refractivity contribution in [1.82, 2.24) is 10.5 Å². The number of nitriles is 1. The first-order valence-electron chi connectivity index (χ1n) is 8.87. The van der Waals surface area contributed by atoms with Gasteiger partial charge in [0.15, 0.2) is 11.2 Å². The largest absolute Gasteiger partial charge is 0.419 e. The summed E-state index contributed by atoms with van der Waals surface area (Å²) in [5, 5.41) is 17.6. The van der Waals surface area contributed by atoms with E-state index >= 15 is 0 Å². The van der Waals surface area contributed by atoms with Crippen molar-refractivity contribution in [3.63, 3.8) is 0 Å². The number of carbonyl (C=O) groups is 2. The maximum Gasteiger partial charge on any atom is 0.419 e. The van der Waals surface area contributed by atoms with Crippen molar-refractivity contribution in [1.29, 1.82) is 5.26 Å². The quantitative estimate of drug-likeness (QED) is 0.276. The number of hydrogen-bond acceptors (Lipinski definition) is 7. The summed E-state index contributed by atoms with van der Waals surface area (Å²) in [5.74, 6) is -2.75. The van der Waals surface area contributed by atoms with E-state index in [2.05, 4.69) is 17.6 Å². The second-order valence-electron chi connectivity index (χ2n) is 7.25. The first-order valence-corrected chi connectivity index (χ1v) is 9.38. The SMILES string of the molecule is CC1(C)C(=O)N(c2cnc(C#N)c(C(F)(F)F)c2)C(S)N1c1ccc(C(=O)NO)c(F)c1. The van der Waals surface area contributed by atoms with Crippen molar-refractivity contribution in [2.24, 2.45) is 0 Å². The Labute approximate surface area is 184 Å². The third-order valence-corrected chi connectivity index (χ3v) is 5.41. The minimum Gasteiger partial charge on any atom is -0.328 e. The number of anilines is 2. The highest BCUT2D eigenvalue weighted by Crippen LogP contribution is 2.42. The molecule has 0 bridgehead atoms. The number of halogens is 4. The Hall–Kier alpha value is -3.37. The van der Waals surface area contributed by atoms with E-state index in [1.54, 1.807) is 0 Å². The molecule has 1 fully saturated rings. The van der Waals surface area contributed by atoms with E-state index in [-0.39, 0.29) is 11.4 Å². The molecule has 1 atom stereocenters. The van der Waals surface area contributed by atoms with Crippen molar-refractivity contribution in [3.8, 4) is 6.07 Å². The van der Waals surface area contributed by atoms with Gasteiger partial charge in [-0.25, -0.2) is 14.9 Å². The zero-order valence-corrected chi connectivity index (χ0v) is 17.4. The van der Waals surface area contributed by atoms with Gasteiger partial charge in [0.1, 0.15) is 17.4 Å². The van der Waals surface area contributed by atoms with Crippen LogP contribution in [0, 0.1) is 17.1 Å². The molecule has 2 aromatic rings. The lowest BCUT2D eigenvalue weighted by Gasteiger charge is -2.33. The summed E-state index contributed by atoms with van der Waals surface area (Å²) in [7, 11) is 0. The van der Waals surface area contributed by atoms with Gasteiger partial charge in [-0.3, -0.25) is 19.7 Å². The molecule has 1 aromatic heterocycles. The number of carbonyl (C=O) groups excluding carboxylic acids is 2. The Balaban J connectivity index is 2.08. The summed E-state index contributed by atoms with van der Waals surface area (Å²) in [6.45, 7) is 2.93. The molecular weight excluding hydrogens is 454 g/mol. The Morgan fingerprint density at radius 2 is 1.97 bits per heavy atom. The van der Waals surface area contributed by atoms with E-state index < -0.39 is 51.7 Å². The molecule has 0 radical (unpaired) electrons. The van der Waals surface area contributed by atoms with Gasteiger partial charge in [0, 0.05) is 5.69 Å². The Morgan fingerprint density at radius 3 is 2.50 bits per heavy atom. The molecule has 1 unspecified atom stereocenters. The predicted octanol–water partition coefficient (Wildman–Crippen LogP) is 3.08. The van der Waals surface area contributed by atoms with Crippen LogP contribution in [0.5, 0.6) is 0 Å². The number of hydrogen-bond donors (Lipinski definition) is 3. The molecular formula is C19H15F4N5O3S. The van der Waals surface area contributed by atoms with Crippen molar-refractivity contribution in [3.05, 3.63) is 53.1 Å². The minimum absolute atomic E-state index is 0.107. The number of nitrogens with one attached hydrogen (secondary N) is 1. The summed E-state index contributed by atoms with van der Waals surface area (Å²) in [6.07, 6.45) is -3.94. The van der Waals surface area contributed by atoms with E-state index in [9.17, 15) is 27.2 Å². The van der Waals surface area contributed by atoms with Crippen LogP contribution in [-0.4, -0.2) is 33.0 Å². The first-order chi connectivity index (χ1) is 14.8. The number of nitrogens with zero attached hydrogens (tertiary/aromatic N) is 4. The molecule has 1 aliphatic rings. The van der Waals surface area contributed by atoms with Gasteiger partial charge in [-0.05, 0) is 38.1 Å². The summed E-state index contributed by atoms with van der Waals surface area (Å²) in [5.41, 5.74) is -4.02. The topological polar surface area (TPSA) is 110 Å². The highest BCUT2D eigenvalue weighted by molar-refractivity contribution is 7.81. The molecule has 2 amide bonds.